The largest absolute Gasteiger partial charge is 0.586 e. The molecule has 2 rings (SSSR count). The van der Waals surface area contributed by atoms with E-state index >= 15 is 0 Å². The van der Waals surface area contributed by atoms with Gasteiger partial charge in [-0.15, -0.1) is 8.78 Å². The van der Waals surface area contributed by atoms with Gasteiger partial charge in [-0.3, -0.25) is 0 Å². The van der Waals surface area contributed by atoms with Gasteiger partial charge in [0.1, 0.15) is 0 Å². The lowest BCUT2D eigenvalue weighted by molar-refractivity contribution is -0.286. The van der Waals surface area contributed by atoms with E-state index in [9.17, 15) is 8.78 Å². The molecule has 0 aliphatic carbocycles. The third-order valence-corrected chi connectivity index (χ3v) is 1.19. The molecule has 1 aliphatic rings. The Labute approximate surface area is 61.3 Å². The van der Waals surface area contributed by atoms with Crippen molar-refractivity contribution in [2.75, 3.05) is 0 Å². The van der Waals surface area contributed by atoms with Crippen LogP contribution in [0.4, 0.5) is 8.78 Å². The Morgan fingerprint density at radius 1 is 1.09 bits per heavy atom. The highest BCUT2D eigenvalue weighted by Gasteiger charge is 2.43. The van der Waals surface area contributed by atoms with Gasteiger partial charge in [0.25, 0.3) is 0 Å². The SMILES string of the molecule is FC1(F)Oc2cc#ccc2O1. The van der Waals surface area contributed by atoms with Crippen LogP contribution in [0.1, 0.15) is 0 Å². The molecule has 11 heavy (non-hydrogen) atoms. The fourth-order valence-corrected chi connectivity index (χ4v) is 0.793. The number of alkyl halides is 2. The highest BCUT2D eigenvalue weighted by molar-refractivity contribution is 5.39. The predicted octanol–water partition coefficient (Wildman–Crippen LogP) is 1.61. The van der Waals surface area contributed by atoms with Crippen LogP contribution >= 0.6 is 0 Å². The number of rotatable bonds is 0. The molecule has 0 radical (unpaired) electrons. The maximum absolute atomic E-state index is 12.3. The summed E-state index contributed by atoms with van der Waals surface area (Å²) in [6, 6.07) is 7.43. The number of hydrogen-bond acceptors (Lipinski definition) is 2. The Hall–Kier alpha value is -1.50. The van der Waals surface area contributed by atoms with Crippen LogP contribution in [-0.2, 0) is 0 Å². The summed E-state index contributed by atoms with van der Waals surface area (Å²) in [5, 5.41) is 0. The minimum atomic E-state index is -3.54. The molecule has 1 aromatic carbocycles. The number of halogens is 2. The Balaban J connectivity index is 2.41. The normalized spacial score (nSPS) is 17.6. The van der Waals surface area contributed by atoms with Crippen LogP contribution in [0.5, 0.6) is 11.5 Å². The molecule has 0 saturated carbocycles. The van der Waals surface area contributed by atoms with Crippen molar-refractivity contribution in [1.82, 2.24) is 0 Å². The fourth-order valence-electron chi connectivity index (χ4n) is 0.793. The average molecular weight is 156 g/mol. The van der Waals surface area contributed by atoms with Crippen molar-refractivity contribution < 1.29 is 18.3 Å². The lowest BCUT2D eigenvalue weighted by Crippen LogP contribution is -2.25. The van der Waals surface area contributed by atoms with Gasteiger partial charge < -0.3 is 9.47 Å². The van der Waals surface area contributed by atoms with E-state index in [1.54, 1.807) is 0 Å². The van der Waals surface area contributed by atoms with Crippen LogP contribution in [0.25, 0.3) is 0 Å². The molecule has 4 heteroatoms. The molecule has 56 valence electrons. The van der Waals surface area contributed by atoms with E-state index in [-0.39, 0.29) is 11.5 Å². The Kier molecular flexibility index (Phi) is 0.994. The summed E-state index contributed by atoms with van der Waals surface area (Å²) in [5.74, 6) is -0.0116. The third kappa shape index (κ3) is 0.944. The van der Waals surface area contributed by atoms with Gasteiger partial charge in [0.15, 0.2) is 11.5 Å². The van der Waals surface area contributed by atoms with Gasteiger partial charge in [-0.1, -0.05) is 12.1 Å². The topological polar surface area (TPSA) is 18.5 Å². The predicted molar refractivity (Wildman–Crippen MR) is 30.3 cm³/mol. The summed E-state index contributed by atoms with van der Waals surface area (Å²) in [5.41, 5.74) is 0. The molecule has 1 aromatic rings. The van der Waals surface area contributed by atoms with Crippen LogP contribution < -0.4 is 9.47 Å². The van der Waals surface area contributed by atoms with Crippen LogP contribution in [0.15, 0.2) is 12.1 Å². The van der Waals surface area contributed by atoms with E-state index in [4.69, 9.17) is 0 Å². The molecule has 0 N–H and O–H groups in total. The van der Waals surface area contributed by atoms with Gasteiger partial charge in [0.2, 0.25) is 0 Å². The van der Waals surface area contributed by atoms with Gasteiger partial charge >= 0.3 is 6.29 Å². The Morgan fingerprint density at radius 2 is 1.55 bits per heavy atom. The summed E-state index contributed by atoms with van der Waals surface area (Å²) >= 11 is 0. The summed E-state index contributed by atoms with van der Waals surface area (Å²) in [6.07, 6.45) is -3.54. The van der Waals surface area contributed by atoms with Crippen LogP contribution in [-0.4, -0.2) is 6.29 Å². The molecule has 0 unspecified atom stereocenters. The third-order valence-electron chi connectivity index (χ3n) is 1.19. The second-order valence-electron chi connectivity index (χ2n) is 1.97. The number of fused-ring (bicyclic) bond motifs is 1. The van der Waals surface area contributed by atoms with Gasteiger partial charge in [0.05, 0.1) is 0 Å². The van der Waals surface area contributed by atoms with E-state index in [2.05, 4.69) is 21.6 Å². The van der Waals surface area contributed by atoms with E-state index in [0.29, 0.717) is 0 Å². The lowest BCUT2D eigenvalue weighted by Gasteiger charge is -2.04. The van der Waals surface area contributed by atoms with E-state index in [1.807, 2.05) is 0 Å². The number of hydrogen-bond donors (Lipinski definition) is 0. The van der Waals surface area contributed by atoms with Crippen molar-refractivity contribution in [3.63, 3.8) is 0 Å². The molecule has 0 atom stereocenters. The van der Waals surface area contributed by atoms with Crippen molar-refractivity contribution in [3.05, 3.63) is 24.3 Å². The quantitative estimate of drug-likeness (QED) is 0.568. The van der Waals surface area contributed by atoms with Gasteiger partial charge in [-0.05, 0) is 0 Å². The second kappa shape index (κ2) is 1.76. The summed E-state index contributed by atoms with van der Waals surface area (Å²) < 4.78 is 32.7. The molecular weight excluding hydrogens is 154 g/mol. The maximum Gasteiger partial charge on any atom is 0.586 e. The number of ether oxygens (including phenoxy) is 2. The highest BCUT2D eigenvalue weighted by Crippen LogP contribution is 2.39. The van der Waals surface area contributed by atoms with E-state index < -0.39 is 6.29 Å². The first-order valence-electron chi connectivity index (χ1n) is 2.85. The van der Waals surface area contributed by atoms with Gasteiger partial charge in [-0.25, -0.2) is 0 Å². The zero-order valence-electron chi connectivity index (χ0n) is 5.23. The molecule has 1 heterocycles. The summed E-state index contributed by atoms with van der Waals surface area (Å²) in [7, 11) is 0. The van der Waals surface area contributed by atoms with Crippen LogP contribution in [0, 0.1) is 12.1 Å². The molecular formula is C7H2F2O2. The minimum absolute atomic E-state index is 0.00579. The molecule has 1 aliphatic heterocycles. The highest BCUT2D eigenvalue weighted by atomic mass is 19.3. The molecule has 0 amide bonds. The summed E-state index contributed by atoms with van der Waals surface area (Å²) in [6.45, 7) is 0. The first-order valence-corrected chi connectivity index (χ1v) is 2.85. The monoisotopic (exact) mass is 156 g/mol. The molecule has 2 nitrogen and oxygen atoms in total. The molecule has 0 saturated heterocycles. The molecule has 0 fully saturated rings. The van der Waals surface area contributed by atoms with Crippen molar-refractivity contribution in [2.24, 2.45) is 0 Å². The van der Waals surface area contributed by atoms with Crippen molar-refractivity contribution in [1.29, 1.82) is 0 Å². The lowest BCUT2D eigenvalue weighted by atomic mass is 10.4. The first-order chi connectivity index (χ1) is 5.17. The molecule has 0 spiro atoms. The second-order valence-corrected chi connectivity index (χ2v) is 1.97. The Morgan fingerprint density at radius 3 is 2.00 bits per heavy atom. The summed E-state index contributed by atoms with van der Waals surface area (Å²) in [4.78, 5) is 0. The van der Waals surface area contributed by atoms with Crippen molar-refractivity contribution in [3.8, 4) is 11.5 Å². The molecule has 0 aromatic heterocycles. The van der Waals surface area contributed by atoms with E-state index in [1.165, 1.54) is 12.1 Å². The van der Waals surface area contributed by atoms with Crippen molar-refractivity contribution in [2.45, 2.75) is 6.29 Å². The van der Waals surface area contributed by atoms with Crippen LogP contribution in [0.2, 0.25) is 0 Å². The average Bonchev–Trinajstić information content (AvgIpc) is 2.21. The minimum Gasteiger partial charge on any atom is -0.395 e. The van der Waals surface area contributed by atoms with Crippen LogP contribution in [0.3, 0.4) is 0 Å². The molecule has 0 bridgehead atoms. The van der Waals surface area contributed by atoms with Crippen molar-refractivity contribution >= 4 is 0 Å². The smallest absolute Gasteiger partial charge is 0.395 e. The van der Waals surface area contributed by atoms with Gasteiger partial charge in [0, 0.05) is 12.1 Å². The maximum atomic E-state index is 12.3. The van der Waals surface area contributed by atoms with Gasteiger partial charge in [-0.2, -0.15) is 0 Å². The zero-order valence-corrected chi connectivity index (χ0v) is 5.23. The fraction of sp³-hybridized carbons (Fsp3) is 0.143. The first kappa shape index (κ1) is 6.23. The standard InChI is InChI=1S/C7H2F2O2/c8-7(9)10-5-3-1-2-4-6(5)11-7/h3-4H. The van der Waals surface area contributed by atoms with E-state index in [0.717, 1.165) is 0 Å². The zero-order chi connectivity index (χ0) is 7.90. The Bertz CT molecular complexity index is 259.